The van der Waals surface area contributed by atoms with E-state index in [0.29, 0.717) is 5.69 Å². The number of aromatic hydroxyl groups is 2. The first-order valence-electron chi connectivity index (χ1n) is 9.77. The second-order valence-electron chi connectivity index (χ2n) is 7.84. The summed E-state index contributed by atoms with van der Waals surface area (Å²) in [5.74, 6) is -2.37. The Hall–Kier alpha value is -2.70. The number of benzene rings is 1. The fourth-order valence-corrected chi connectivity index (χ4v) is 4.67. The lowest BCUT2D eigenvalue weighted by Crippen LogP contribution is -2.39. The molecule has 0 spiro atoms. The van der Waals surface area contributed by atoms with Crippen LogP contribution in [-0.4, -0.2) is 54.6 Å². The Morgan fingerprint density at radius 2 is 1.69 bits per heavy atom. The lowest BCUT2D eigenvalue weighted by molar-refractivity contribution is -0.138. The van der Waals surface area contributed by atoms with Crippen LogP contribution in [0.15, 0.2) is 40.9 Å². The largest absolute Gasteiger partial charge is 0.494 e. The second-order valence-corrected chi connectivity index (χ2v) is 8.75. The molecule has 1 aromatic heterocycles. The van der Waals surface area contributed by atoms with E-state index in [4.69, 9.17) is 9.84 Å². The molecule has 6 N–H and O–H groups in total. The van der Waals surface area contributed by atoms with Crippen LogP contribution in [-0.2, 0) is 25.5 Å². The fourth-order valence-electron chi connectivity index (χ4n) is 4.41. The summed E-state index contributed by atoms with van der Waals surface area (Å²) in [6.45, 7) is -0.551. The van der Waals surface area contributed by atoms with Crippen molar-refractivity contribution < 1.29 is 40.0 Å². The Morgan fingerprint density at radius 1 is 1.09 bits per heavy atom. The van der Waals surface area contributed by atoms with Gasteiger partial charge in [-0.25, -0.2) is 0 Å². The molecule has 0 radical (unpaired) electrons. The number of aromatic nitrogens is 1. The minimum Gasteiger partial charge on any atom is -0.494 e. The molecule has 2 aromatic rings. The van der Waals surface area contributed by atoms with Crippen LogP contribution in [0.2, 0.25) is 0 Å². The van der Waals surface area contributed by atoms with E-state index >= 15 is 0 Å². The number of carboxylic acid groups (broad SMARTS) is 1. The lowest BCUT2D eigenvalue weighted by atomic mass is 9.81. The van der Waals surface area contributed by atoms with Gasteiger partial charge in [0, 0.05) is 17.3 Å². The summed E-state index contributed by atoms with van der Waals surface area (Å²) in [6, 6.07) is 5.61. The van der Waals surface area contributed by atoms with E-state index in [-0.39, 0.29) is 42.1 Å². The Labute approximate surface area is 190 Å². The zero-order chi connectivity index (χ0) is 23.3. The summed E-state index contributed by atoms with van der Waals surface area (Å²) in [7, 11) is 0. The Kier molecular flexibility index (Phi) is 5.63. The van der Waals surface area contributed by atoms with E-state index in [0.717, 1.165) is 4.47 Å². The number of rotatable bonds is 9. The number of nitrogens with one attached hydrogen (secondary N) is 1. The summed E-state index contributed by atoms with van der Waals surface area (Å²) in [5, 5.41) is 50.4. The lowest BCUT2D eigenvalue weighted by Gasteiger charge is -2.27. The first-order valence-corrected chi connectivity index (χ1v) is 10.6. The molecular weight excluding hydrogens is 488 g/mol. The van der Waals surface area contributed by atoms with Crippen LogP contribution in [0.3, 0.4) is 0 Å². The molecule has 0 saturated heterocycles. The maximum atomic E-state index is 12.9. The number of ether oxygens (including phenoxy) is 1. The van der Waals surface area contributed by atoms with Crippen LogP contribution in [0.5, 0.6) is 11.8 Å². The Morgan fingerprint density at radius 3 is 2.25 bits per heavy atom. The number of carboxylic acids is 1. The topological polar surface area (TPSA) is 161 Å². The van der Waals surface area contributed by atoms with Gasteiger partial charge in [0.05, 0.1) is 29.5 Å². The SMILES string of the molecule is O=C(O)CC[C@H](NO)C(=O)C[C@@]12C=C[C@@](CO)(O1)c1c2c(O)n(-c2ccc(Br)cc2)c1O. The molecule has 2 bridgehead atoms. The van der Waals surface area contributed by atoms with Gasteiger partial charge in [-0.1, -0.05) is 15.9 Å². The first-order chi connectivity index (χ1) is 15.2. The van der Waals surface area contributed by atoms with Crippen molar-refractivity contribution in [2.75, 3.05) is 6.61 Å². The third kappa shape index (κ3) is 3.33. The highest BCUT2D eigenvalue weighted by Gasteiger charge is 2.61. The molecule has 0 fully saturated rings. The molecule has 0 aliphatic carbocycles. The zero-order valence-corrected chi connectivity index (χ0v) is 18.2. The van der Waals surface area contributed by atoms with Gasteiger partial charge in [0.1, 0.15) is 11.2 Å². The summed E-state index contributed by atoms with van der Waals surface area (Å²) in [5.41, 5.74) is -0.397. The van der Waals surface area contributed by atoms with Crippen molar-refractivity contribution in [3.63, 3.8) is 0 Å². The number of aliphatic hydroxyl groups is 1. The smallest absolute Gasteiger partial charge is 0.303 e. The van der Waals surface area contributed by atoms with Gasteiger partial charge in [-0.2, -0.15) is 5.48 Å². The van der Waals surface area contributed by atoms with Gasteiger partial charge < -0.3 is 30.4 Å². The maximum Gasteiger partial charge on any atom is 0.303 e. The molecule has 1 aromatic carbocycles. The minimum absolute atomic E-state index is 0.137. The predicted molar refractivity (Wildman–Crippen MR) is 113 cm³/mol. The standard InChI is InChI=1S/C21H21BrN2O8/c22-11-1-3-12(4-2-11)24-18(29)16-17(19(24)30)21(10-25)8-7-20(16,32-21)9-14(26)13(23-31)5-6-15(27)28/h1-4,7-8,13,23,25,29-31H,5-6,9-10H2,(H,27,28)/t13-,20+,21-/m0/s1. The van der Waals surface area contributed by atoms with E-state index in [9.17, 15) is 30.1 Å². The van der Waals surface area contributed by atoms with Gasteiger partial charge >= 0.3 is 5.97 Å². The third-order valence-electron chi connectivity index (χ3n) is 5.90. The van der Waals surface area contributed by atoms with Gasteiger partial charge in [0.2, 0.25) is 11.8 Å². The highest BCUT2D eigenvalue weighted by molar-refractivity contribution is 9.10. The third-order valence-corrected chi connectivity index (χ3v) is 6.43. The molecule has 11 heteroatoms. The van der Waals surface area contributed by atoms with Crippen LogP contribution in [0.4, 0.5) is 0 Å². The average Bonchev–Trinajstić information content (AvgIpc) is 3.36. The molecule has 10 nitrogen and oxygen atoms in total. The highest BCUT2D eigenvalue weighted by Crippen LogP contribution is 2.62. The summed E-state index contributed by atoms with van der Waals surface area (Å²) in [6.07, 6.45) is 2.19. The van der Waals surface area contributed by atoms with Gasteiger partial charge in [-0.15, -0.1) is 0 Å². The molecule has 2 aliphatic rings. The normalized spacial score (nSPS) is 24.0. The van der Waals surface area contributed by atoms with Crippen molar-refractivity contribution in [3.05, 3.63) is 52.0 Å². The summed E-state index contributed by atoms with van der Waals surface area (Å²) < 4.78 is 8.01. The van der Waals surface area contributed by atoms with Crippen LogP contribution < -0.4 is 5.48 Å². The van der Waals surface area contributed by atoms with Gasteiger partial charge in [0.25, 0.3) is 0 Å². The number of hydrogen-bond acceptors (Lipinski definition) is 8. The predicted octanol–water partition coefficient (Wildman–Crippen LogP) is 1.81. The number of Topliss-reactive ketones (excluding diaryl/α,β-unsaturated/α-hetero) is 1. The van der Waals surface area contributed by atoms with Crippen molar-refractivity contribution >= 4 is 27.7 Å². The van der Waals surface area contributed by atoms with E-state index in [1.807, 2.05) is 5.48 Å². The molecule has 3 atom stereocenters. The second kappa shape index (κ2) is 8.01. The van der Waals surface area contributed by atoms with Crippen LogP contribution in [0, 0.1) is 0 Å². The van der Waals surface area contributed by atoms with Crippen molar-refractivity contribution in [2.45, 2.75) is 36.5 Å². The minimum atomic E-state index is -1.50. The quantitative estimate of drug-likeness (QED) is 0.219. The molecule has 4 rings (SSSR count). The van der Waals surface area contributed by atoms with Gasteiger partial charge in [-0.05, 0) is 42.8 Å². The fraction of sp³-hybridized carbons (Fsp3) is 0.333. The number of ketones is 1. The monoisotopic (exact) mass is 508 g/mol. The number of halogens is 1. The maximum absolute atomic E-state index is 12.9. The number of carbonyl (C=O) groups excluding carboxylic acids is 1. The molecule has 2 aliphatic heterocycles. The average molecular weight is 509 g/mol. The number of aliphatic carboxylic acids is 1. The molecular formula is C21H21BrN2O8. The summed E-state index contributed by atoms with van der Waals surface area (Å²) >= 11 is 3.33. The first kappa shape index (κ1) is 22.5. The van der Waals surface area contributed by atoms with E-state index < -0.39 is 35.6 Å². The molecule has 32 heavy (non-hydrogen) atoms. The van der Waals surface area contributed by atoms with Gasteiger partial charge in [0.15, 0.2) is 5.78 Å². The Bertz CT molecular complexity index is 1110. The molecule has 170 valence electrons. The van der Waals surface area contributed by atoms with Crippen LogP contribution in [0.25, 0.3) is 5.69 Å². The van der Waals surface area contributed by atoms with Crippen molar-refractivity contribution in [2.24, 2.45) is 0 Å². The number of hydrogen-bond donors (Lipinski definition) is 6. The number of aliphatic hydroxyl groups excluding tert-OH is 1. The van der Waals surface area contributed by atoms with Crippen molar-refractivity contribution in [1.29, 1.82) is 0 Å². The van der Waals surface area contributed by atoms with Crippen LogP contribution >= 0.6 is 15.9 Å². The van der Waals surface area contributed by atoms with E-state index in [1.54, 1.807) is 24.3 Å². The highest BCUT2D eigenvalue weighted by atomic mass is 79.9. The summed E-state index contributed by atoms with van der Waals surface area (Å²) in [4.78, 5) is 23.7. The molecule has 0 saturated carbocycles. The zero-order valence-electron chi connectivity index (χ0n) is 16.7. The molecule has 0 unspecified atom stereocenters. The van der Waals surface area contributed by atoms with Crippen LogP contribution in [0.1, 0.15) is 30.4 Å². The van der Waals surface area contributed by atoms with E-state index in [2.05, 4.69) is 15.9 Å². The molecule has 0 amide bonds. The number of nitrogens with zero attached hydrogens (tertiary/aromatic N) is 1. The number of carbonyl (C=O) groups is 2. The van der Waals surface area contributed by atoms with Crippen molar-refractivity contribution in [3.8, 4) is 17.4 Å². The Balaban J connectivity index is 1.76. The van der Waals surface area contributed by atoms with Gasteiger partial charge in [-0.3, -0.25) is 14.2 Å². The number of fused-ring (bicyclic) bond motifs is 5. The molecule has 3 heterocycles. The van der Waals surface area contributed by atoms with E-state index in [1.165, 1.54) is 16.7 Å². The van der Waals surface area contributed by atoms with Crippen molar-refractivity contribution in [1.82, 2.24) is 10.0 Å². The number of hydroxylamine groups is 1.